The highest BCUT2D eigenvalue weighted by atomic mass is 15.1. The van der Waals surface area contributed by atoms with Crippen molar-refractivity contribution in [2.24, 2.45) is 0 Å². The molecule has 0 fully saturated rings. The maximum atomic E-state index is 2.45. The molecule has 0 saturated heterocycles. The maximum absolute atomic E-state index is 2.45. The summed E-state index contributed by atoms with van der Waals surface area (Å²) in [5.74, 6) is 0. The standard InChI is InChI=1S/C60H42N2/c1-6-20-43(21-7-1)56-42-57(44-34-38-50(39-35-44)61(46-22-8-2-9-23-46)47-24-10-3-11-25-47)59-54-32-18-16-30-52(54)53-31-17-19-33-55(53)60(59)58(56)45-36-40-51(41-37-45)62(48-26-12-4-13-27-48)49-28-14-5-15-29-49/h1-42H. The van der Waals surface area contributed by atoms with E-state index in [0.717, 1.165) is 34.1 Å². The molecule has 0 aromatic heterocycles. The van der Waals surface area contributed by atoms with Crippen LogP contribution in [-0.4, -0.2) is 0 Å². The van der Waals surface area contributed by atoms with Crippen LogP contribution in [0.25, 0.3) is 65.7 Å². The molecule has 2 heteroatoms. The Hall–Kier alpha value is -8.20. The molecule has 11 aromatic rings. The second kappa shape index (κ2) is 16.1. The Morgan fingerprint density at radius 1 is 0.210 bits per heavy atom. The Morgan fingerprint density at radius 3 is 0.935 bits per heavy atom. The van der Waals surface area contributed by atoms with Gasteiger partial charge in [-0.1, -0.05) is 176 Å². The molecule has 0 atom stereocenters. The SMILES string of the molecule is c1ccc(-c2cc(-c3ccc(N(c4ccccc4)c4ccccc4)cc3)c3c4ccccc4c4ccccc4c3c2-c2ccc(N(c3ccccc3)c3ccccc3)cc2)cc1. The van der Waals surface area contributed by atoms with Crippen molar-refractivity contribution in [3.63, 3.8) is 0 Å². The van der Waals surface area contributed by atoms with E-state index < -0.39 is 0 Å². The lowest BCUT2D eigenvalue weighted by Crippen LogP contribution is -2.09. The van der Waals surface area contributed by atoms with Gasteiger partial charge in [0.05, 0.1) is 0 Å². The first-order chi connectivity index (χ1) is 30.8. The number of fused-ring (bicyclic) bond motifs is 6. The van der Waals surface area contributed by atoms with Gasteiger partial charge in [0.15, 0.2) is 0 Å². The minimum Gasteiger partial charge on any atom is -0.311 e. The molecule has 0 unspecified atom stereocenters. The first-order valence-corrected chi connectivity index (χ1v) is 21.3. The smallest absolute Gasteiger partial charge is 0.0462 e. The van der Waals surface area contributed by atoms with Crippen LogP contribution in [-0.2, 0) is 0 Å². The number of rotatable bonds is 9. The summed E-state index contributed by atoms with van der Waals surface area (Å²) in [5.41, 5.74) is 13.8. The third-order valence-electron chi connectivity index (χ3n) is 12.0. The summed E-state index contributed by atoms with van der Waals surface area (Å²) in [6.45, 7) is 0. The molecular weight excluding hydrogens is 749 g/mol. The second-order valence-electron chi connectivity index (χ2n) is 15.7. The van der Waals surface area contributed by atoms with Gasteiger partial charge in [-0.15, -0.1) is 0 Å². The zero-order valence-corrected chi connectivity index (χ0v) is 34.1. The minimum absolute atomic E-state index is 1.10. The lowest BCUT2D eigenvalue weighted by atomic mass is 9.81. The summed E-state index contributed by atoms with van der Waals surface area (Å²) in [6.07, 6.45) is 0. The molecule has 0 saturated carbocycles. The normalized spacial score (nSPS) is 11.2. The van der Waals surface area contributed by atoms with Gasteiger partial charge in [-0.3, -0.25) is 0 Å². The van der Waals surface area contributed by atoms with Gasteiger partial charge in [0.2, 0.25) is 0 Å². The van der Waals surface area contributed by atoms with Crippen LogP contribution in [0.15, 0.2) is 255 Å². The monoisotopic (exact) mass is 790 g/mol. The molecule has 0 spiro atoms. The highest BCUT2D eigenvalue weighted by Gasteiger charge is 2.23. The summed E-state index contributed by atoms with van der Waals surface area (Å²) < 4.78 is 0. The third-order valence-corrected chi connectivity index (χ3v) is 12.0. The number of hydrogen-bond acceptors (Lipinski definition) is 2. The van der Waals surface area contributed by atoms with E-state index in [0.29, 0.717) is 0 Å². The highest BCUT2D eigenvalue weighted by molar-refractivity contribution is 6.33. The van der Waals surface area contributed by atoms with Gasteiger partial charge in [-0.25, -0.2) is 0 Å². The molecule has 0 aliphatic carbocycles. The van der Waals surface area contributed by atoms with E-state index in [1.165, 1.54) is 65.7 Å². The fraction of sp³-hybridized carbons (Fsp3) is 0. The summed E-state index contributed by atoms with van der Waals surface area (Å²) in [5, 5.41) is 7.50. The van der Waals surface area contributed by atoms with Crippen molar-refractivity contribution >= 4 is 66.4 Å². The van der Waals surface area contributed by atoms with Gasteiger partial charge in [0, 0.05) is 34.1 Å². The van der Waals surface area contributed by atoms with Crippen LogP contribution in [0.1, 0.15) is 0 Å². The number of benzene rings is 11. The molecule has 0 N–H and O–H groups in total. The van der Waals surface area contributed by atoms with Gasteiger partial charge in [-0.05, 0) is 145 Å². The number of nitrogens with zero attached hydrogens (tertiary/aromatic N) is 2. The average molecular weight is 791 g/mol. The van der Waals surface area contributed by atoms with Crippen molar-refractivity contribution in [1.29, 1.82) is 0 Å². The van der Waals surface area contributed by atoms with Gasteiger partial charge in [-0.2, -0.15) is 0 Å². The Labute approximate surface area is 362 Å². The third kappa shape index (κ3) is 6.65. The van der Waals surface area contributed by atoms with E-state index in [-0.39, 0.29) is 0 Å². The fourth-order valence-electron chi connectivity index (χ4n) is 9.25. The van der Waals surface area contributed by atoms with Crippen molar-refractivity contribution in [2.45, 2.75) is 0 Å². The van der Waals surface area contributed by atoms with Crippen LogP contribution in [0.5, 0.6) is 0 Å². The van der Waals surface area contributed by atoms with Crippen molar-refractivity contribution in [3.8, 4) is 33.4 Å². The Balaban J connectivity index is 1.17. The molecule has 0 heterocycles. The highest BCUT2D eigenvalue weighted by Crippen LogP contribution is 2.50. The molecule has 0 aliphatic rings. The van der Waals surface area contributed by atoms with Gasteiger partial charge < -0.3 is 9.80 Å². The maximum Gasteiger partial charge on any atom is 0.0462 e. The summed E-state index contributed by atoms with van der Waals surface area (Å²) >= 11 is 0. The second-order valence-corrected chi connectivity index (χ2v) is 15.7. The van der Waals surface area contributed by atoms with E-state index in [1.807, 2.05) is 0 Å². The average Bonchev–Trinajstić information content (AvgIpc) is 3.36. The Bertz CT molecular complexity index is 3220. The predicted molar refractivity (Wildman–Crippen MR) is 265 cm³/mol. The first-order valence-electron chi connectivity index (χ1n) is 21.3. The Kier molecular flexibility index (Phi) is 9.57. The summed E-state index contributed by atoms with van der Waals surface area (Å²) in [7, 11) is 0. The van der Waals surface area contributed by atoms with Crippen LogP contribution >= 0.6 is 0 Å². The molecule has 0 amide bonds. The molecule has 0 radical (unpaired) electrons. The number of anilines is 6. The fourth-order valence-corrected chi connectivity index (χ4v) is 9.25. The predicted octanol–water partition coefficient (Wildman–Crippen LogP) is 17.1. The van der Waals surface area contributed by atoms with Gasteiger partial charge in [0.25, 0.3) is 0 Å². The molecule has 292 valence electrons. The minimum atomic E-state index is 1.10. The van der Waals surface area contributed by atoms with E-state index in [4.69, 9.17) is 0 Å². The largest absolute Gasteiger partial charge is 0.311 e. The molecular formula is C60H42N2. The molecule has 62 heavy (non-hydrogen) atoms. The van der Waals surface area contributed by atoms with E-state index in [2.05, 4.69) is 265 Å². The topological polar surface area (TPSA) is 6.48 Å². The van der Waals surface area contributed by atoms with Crippen molar-refractivity contribution < 1.29 is 0 Å². The van der Waals surface area contributed by atoms with E-state index >= 15 is 0 Å². The van der Waals surface area contributed by atoms with Crippen LogP contribution < -0.4 is 9.80 Å². The molecule has 11 aromatic carbocycles. The lowest BCUT2D eigenvalue weighted by molar-refractivity contribution is 1.28. The van der Waals surface area contributed by atoms with Crippen LogP contribution in [0.4, 0.5) is 34.1 Å². The van der Waals surface area contributed by atoms with Crippen LogP contribution in [0.3, 0.4) is 0 Å². The number of hydrogen-bond donors (Lipinski definition) is 0. The summed E-state index contributed by atoms with van der Waals surface area (Å²) in [4.78, 5) is 4.65. The molecule has 0 aliphatic heterocycles. The van der Waals surface area contributed by atoms with Gasteiger partial charge in [0.1, 0.15) is 0 Å². The molecule has 2 nitrogen and oxygen atoms in total. The quantitative estimate of drug-likeness (QED) is 0.134. The van der Waals surface area contributed by atoms with Crippen LogP contribution in [0, 0.1) is 0 Å². The van der Waals surface area contributed by atoms with E-state index in [9.17, 15) is 0 Å². The zero-order valence-electron chi connectivity index (χ0n) is 34.1. The van der Waals surface area contributed by atoms with Gasteiger partial charge >= 0.3 is 0 Å². The zero-order chi connectivity index (χ0) is 41.2. The first kappa shape index (κ1) is 36.8. The molecule has 0 bridgehead atoms. The van der Waals surface area contributed by atoms with Crippen molar-refractivity contribution in [1.82, 2.24) is 0 Å². The number of para-hydroxylation sites is 4. The van der Waals surface area contributed by atoms with Crippen molar-refractivity contribution in [2.75, 3.05) is 9.80 Å². The lowest BCUT2D eigenvalue weighted by Gasteiger charge is -2.26. The van der Waals surface area contributed by atoms with Crippen molar-refractivity contribution in [3.05, 3.63) is 255 Å². The molecule has 11 rings (SSSR count). The Morgan fingerprint density at radius 2 is 0.516 bits per heavy atom. The van der Waals surface area contributed by atoms with Crippen LogP contribution in [0.2, 0.25) is 0 Å². The summed E-state index contributed by atoms with van der Waals surface area (Å²) in [6, 6.07) is 92.0. The van der Waals surface area contributed by atoms with E-state index in [1.54, 1.807) is 0 Å².